The number of anilines is 1. The number of benzene rings is 1. The van der Waals surface area contributed by atoms with Crippen LogP contribution < -0.4 is 11.1 Å². The van der Waals surface area contributed by atoms with E-state index in [2.05, 4.69) is 12.2 Å². The van der Waals surface area contributed by atoms with Crippen molar-refractivity contribution in [1.29, 1.82) is 5.41 Å². The van der Waals surface area contributed by atoms with Crippen LogP contribution in [0.25, 0.3) is 0 Å². The Morgan fingerprint density at radius 3 is 2.36 bits per heavy atom. The molecular weight excluding hydrogens is 138 g/mol. The maximum Gasteiger partial charge on any atom is 0.190 e. The Kier molecular flexibility index (Phi) is 2.11. The van der Waals surface area contributed by atoms with Gasteiger partial charge in [-0.25, -0.2) is 0 Å². The van der Waals surface area contributed by atoms with Crippen molar-refractivity contribution in [1.82, 2.24) is 0 Å². The Labute approximate surface area is 65.7 Å². The Balaban J connectivity index is 2.74. The third-order valence-corrected chi connectivity index (χ3v) is 1.23. The lowest BCUT2D eigenvalue weighted by Gasteiger charge is -2.02. The fourth-order valence-corrected chi connectivity index (χ4v) is 0.744. The molecule has 11 heavy (non-hydrogen) atoms. The first-order valence-corrected chi connectivity index (χ1v) is 3.21. The number of hydrogen-bond acceptors (Lipinski definition) is 1. The molecule has 3 nitrogen and oxygen atoms in total. The molecule has 0 amide bonds. The third-order valence-electron chi connectivity index (χ3n) is 1.23. The summed E-state index contributed by atoms with van der Waals surface area (Å²) in [7, 11) is 0. The van der Waals surface area contributed by atoms with Gasteiger partial charge in [0.1, 0.15) is 0 Å². The van der Waals surface area contributed by atoms with E-state index in [0.29, 0.717) is 0 Å². The first-order valence-electron chi connectivity index (χ1n) is 3.21. The molecule has 0 aliphatic rings. The van der Waals surface area contributed by atoms with E-state index in [4.69, 9.17) is 11.1 Å². The molecular formula is C8H10N3. The average Bonchev–Trinajstić information content (AvgIpc) is 1.93. The predicted octanol–water partition coefficient (Wildman–Crippen LogP) is 1.17. The van der Waals surface area contributed by atoms with E-state index in [9.17, 15) is 0 Å². The van der Waals surface area contributed by atoms with Gasteiger partial charge in [-0.15, -0.1) is 0 Å². The second kappa shape index (κ2) is 3.05. The van der Waals surface area contributed by atoms with Crippen LogP contribution >= 0.6 is 0 Å². The molecule has 0 unspecified atom stereocenters. The lowest BCUT2D eigenvalue weighted by atomic mass is 10.2. The van der Waals surface area contributed by atoms with Crippen LogP contribution in [0.1, 0.15) is 5.56 Å². The average molecular weight is 148 g/mol. The topological polar surface area (TPSA) is 61.9 Å². The molecule has 0 fully saturated rings. The van der Waals surface area contributed by atoms with Gasteiger partial charge in [-0.2, -0.15) is 0 Å². The summed E-state index contributed by atoms with van der Waals surface area (Å²) >= 11 is 0. The minimum absolute atomic E-state index is 0.0539. The molecule has 0 bridgehead atoms. The van der Waals surface area contributed by atoms with Gasteiger partial charge in [0.2, 0.25) is 0 Å². The van der Waals surface area contributed by atoms with Gasteiger partial charge in [-0.05, 0) is 24.6 Å². The molecule has 1 rings (SSSR count). The highest BCUT2D eigenvalue weighted by Crippen LogP contribution is 2.07. The normalized spacial score (nSPS) is 9.18. The van der Waals surface area contributed by atoms with Crippen LogP contribution in [0.5, 0.6) is 0 Å². The molecule has 1 aromatic carbocycles. The van der Waals surface area contributed by atoms with E-state index in [1.165, 1.54) is 0 Å². The number of nitrogens with one attached hydrogen (secondary N) is 2. The first-order chi connectivity index (χ1) is 5.18. The number of guanidine groups is 1. The first kappa shape index (κ1) is 7.60. The zero-order valence-electron chi connectivity index (χ0n) is 6.09. The quantitative estimate of drug-likeness (QED) is 0.413. The van der Waals surface area contributed by atoms with Gasteiger partial charge in [0.05, 0.1) is 0 Å². The highest BCUT2D eigenvalue weighted by atomic mass is 15.0. The van der Waals surface area contributed by atoms with Crippen molar-refractivity contribution in [3.8, 4) is 0 Å². The van der Waals surface area contributed by atoms with Crippen molar-refractivity contribution in [2.75, 3.05) is 5.32 Å². The molecule has 3 heteroatoms. The molecule has 0 heterocycles. The lowest BCUT2D eigenvalue weighted by molar-refractivity contribution is 1.41. The molecule has 57 valence electrons. The number of nitrogens with two attached hydrogens (primary N) is 1. The van der Waals surface area contributed by atoms with Crippen LogP contribution in [0.3, 0.4) is 0 Å². The van der Waals surface area contributed by atoms with Gasteiger partial charge < -0.3 is 11.1 Å². The Morgan fingerprint density at radius 2 is 1.91 bits per heavy atom. The molecule has 0 atom stereocenters. The summed E-state index contributed by atoms with van der Waals surface area (Å²) in [5.74, 6) is -0.0539. The fraction of sp³-hybridized carbons (Fsp3) is 0. The molecule has 0 saturated carbocycles. The second-order valence-electron chi connectivity index (χ2n) is 2.24. The third kappa shape index (κ3) is 2.29. The van der Waals surface area contributed by atoms with E-state index in [1.807, 2.05) is 24.3 Å². The molecule has 0 aromatic heterocycles. The number of rotatable bonds is 1. The van der Waals surface area contributed by atoms with Crippen LogP contribution in [0.15, 0.2) is 24.3 Å². The summed E-state index contributed by atoms with van der Waals surface area (Å²) in [4.78, 5) is 0. The van der Waals surface area contributed by atoms with E-state index in [-0.39, 0.29) is 5.96 Å². The molecule has 0 spiro atoms. The van der Waals surface area contributed by atoms with Crippen molar-refractivity contribution in [3.63, 3.8) is 0 Å². The summed E-state index contributed by atoms with van der Waals surface area (Å²) in [6.45, 7) is 3.73. The predicted molar refractivity (Wildman–Crippen MR) is 46.4 cm³/mol. The largest absolute Gasteiger partial charge is 0.370 e. The monoisotopic (exact) mass is 148 g/mol. The van der Waals surface area contributed by atoms with Crippen molar-refractivity contribution >= 4 is 11.6 Å². The molecule has 1 radical (unpaired) electrons. The van der Waals surface area contributed by atoms with Crippen molar-refractivity contribution in [2.24, 2.45) is 5.73 Å². The summed E-state index contributed by atoms with van der Waals surface area (Å²) in [6, 6.07) is 7.35. The maximum absolute atomic E-state index is 6.94. The van der Waals surface area contributed by atoms with Gasteiger partial charge in [-0.3, -0.25) is 5.41 Å². The van der Waals surface area contributed by atoms with Gasteiger partial charge in [0.15, 0.2) is 5.96 Å². The van der Waals surface area contributed by atoms with Gasteiger partial charge in [-0.1, -0.05) is 12.1 Å². The highest BCUT2D eigenvalue weighted by molar-refractivity contribution is 5.89. The van der Waals surface area contributed by atoms with Crippen LogP contribution in [0.2, 0.25) is 0 Å². The standard InChI is InChI=1S/C8H10N3/c1-6-2-4-7(5-3-6)11-8(9)10/h2-5H,1H2,(H4,9,10,11). The fourth-order valence-electron chi connectivity index (χ4n) is 0.744. The van der Waals surface area contributed by atoms with Crippen molar-refractivity contribution < 1.29 is 0 Å². The van der Waals surface area contributed by atoms with E-state index >= 15 is 0 Å². The molecule has 4 N–H and O–H groups in total. The summed E-state index contributed by atoms with van der Waals surface area (Å²) < 4.78 is 0. The van der Waals surface area contributed by atoms with Gasteiger partial charge in [0.25, 0.3) is 0 Å². The Hall–Kier alpha value is -1.51. The van der Waals surface area contributed by atoms with Gasteiger partial charge in [0, 0.05) is 5.69 Å². The molecule has 0 aliphatic heterocycles. The minimum Gasteiger partial charge on any atom is -0.370 e. The summed E-state index contributed by atoms with van der Waals surface area (Å²) in [5, 5.41) is 9.60. The maximum atomic E-state index is 6.94. The van der Waals surface area contributed by atoms with E-state index in [0.717, 1.165) is 11.3 Å². The van der Waals surface area contributed by atoms with Crippen LogP contribution in [0.4, 0.5) is 5.69 Å². The molecule has 0 aliphatic carbocycles. The van der Waals surface area contributed by atoms with Crippen LogP contribution in [-0.4, -0.2) is 5.96 Å². The van der Waals surface area contributed by atoms with Crippen LogP contribution in [-0.2, 0) is 0 Å². The van der Waals surface area contributed by atoms with Crippen LogP contribution in [0, 0.1) is 12.3 Å². The van der Waals surface area contributed by atoms with Crippen molar-refractivity contribution in [2.45, 2.75) is 0 Å². The number of hydrogen-bond donors (Lipinski definition) is 3. The van der Waals surface area contributed by atoms with Crippen molar-refractivity contribution in [3.05, 3.63) is 36.8 Å². The molecule has 1 aromatic rings. The zero-order chi connectivity index (χ0) is 8.27. The Morgan fingerprint density at radius 1 is 1.36 bits per heavy atom. The van der Waals surface area contributed by atoms with Gasteiger partial charge >= 0.3 is 0 Å². The zero-order valence-corrected chi connectivity index (χ0v) is 6.09. The summed E-state index contributed by atoms with van der Waals surface area (Å²) in [6.07, 6.45) is 0. The van der Waals surface area contributed by atoms with E-state index < -0.39 is 0 Å². The second-order valence-corrected chi connectivity index (χ2v) is 2.24. The Bertz CT molecular complexity index is 251. The highest BCUT2D eigenvalue weighted by Gasteiger charge is 1.90. The molecule has 0 saturated heterocycles. The smallest absolute Gasteiger partial charge is 0.190 e. The minimum atomic E-state index is -0.0539. The van der Waals surface area contributed by atoms with E-state index in [1.54, 1.807) is 0 Å². The summed E-state index contributed by atoms with van der Waals surface area (Å²) in [5.41, 5.74) is 6.87. The SMILES string of the molecule is [CH2]c1ccc(NC(=N)N)cc1. The lowest BCUT2D eigenvalue weighted by Crippen LogP contribution is -2.20.